The van der Waals surface area contributed by atoms with Crippen LogP contribution in [-0.4, -0.2) is 22.7 Å². The van der Waals surface area contributed by atoms with Crippen LogP contribution >= 0.6 is 0 Å². The summed E-state index contributed by atoms with van der Waals surface area (Å²) >= 11 is 0. The molecule has 6 heteroatoms. The molecule has 1 N–H and O–H groups in total. The van der Waals surface area contributed by atoms with Crippen molar-refractivity contribution in [1.29, 1.82) is 0 Å². The standard InChI is InChI=1S/C21H23N3O3/c1-3-4-5-12-26-18-11-7-9-16(14-18)19(25)22-21-24-23-20(27-21)17-10-6-8-15(2)13-17/h6-11,13-14H,3-5,12H2,1-2H3,(H,22,24,25). The van der Waals surface area contributed by atoms with Crippen molar-refractivity contribution in [3.05, 3.63) is 59.7 Å². The number of nitrogens with one attached hydrogen (secondary N) is 1. The van der Waals surface area contributed by atoms with E-state index in [1.54, 1.807) is 18.2 Å². The number of carbonyl (C=O) groups excluding carboxylic acids is 1. The first-order chi connectivity index (χ1) is 13.2. The zero-order valence-corrected chi connectivity index (χ0v) is 15.6. The summed E-state index contributed by atoms with van der Waals surface area (Å²) < 4.78 is 11.2. The van der Waals surface area contributed by atoms with Crippen molar-refractivity contribution in [2.45, 2.75) is 33.1 Å². The molecule has 140 valence electrons. The molecule has 27 heavy (non-hydrogen) atoms. The molecule has 0 bridgehead atoms. The van der Waals surface area contributed by atoms with Gasteiger partial charge in [-0.2, -0.15) is 0 Å². The zero-order chi connectivity index (χ0) is 19.1. The summed E-state index contributed by atoms with van der Waals surface area (Å²) in [5.74, 6) is 0.709. The van der Waals surface area contributed by atoms with Crippen molar-refractivity contribution in [3.63, 3.8) is 0 Å². The van der Waals surface area contributed by atoms with Crippen molar-refractivity contribution in [2.24, 2.45) is 0 Å². The number of carbonyl (C=O) groups is 1. The van der Waals surface area contributed by atoms with Gasteiger partial charge in [-0.05, 0) is 43.7 Å². The van der Waals surface area contributed by atoms with Crippen molar-refractivity contribution in [1.82, 2.24) is 10.2 Å². The molecule has 3 aromatic rings. The fourth-order valence-corrected chi connectivity index (χ4v) is 2.61. The summed E-state index contributed by atoms with van der Waals surface area (Å²) in [4.78, 5) is 12.4. The lowest BCUT2D eigenvalue weighted by molar-refractivity contribution is 0.102. The van der Waals surface area contributed by atoms with Gasteiger partial charge >= 0.3 is 6.01 Å². The average molecular weight is 365 g/mol. The highest BCUT2D eigenvalue weighted by molar-refractivity contribution is 6.03. The molecule has 6 nitrogen and oxygen atoms in total. The Balaban J connectivity index is 1.64. The van der Waals surface area contributed by atoms with Crippen LogP contribution in [0.15, 0.2) is 52.9 Å². The van der Waals surface area contributed by atoms with Gasteiger partial charge in [-0.1, -0.05) is 48.6 Å². The van der Waals surface area contributed by atoms with E-state index in [1.807, 2.05) is 37.3 Å². The highest BCUT2D eigenvalue weighted by atomic mass is 16.5. The van der Waals surface area contributed by atoms with Crippen LogP contribution in [0.5, 0.6) is 5.75 Å². The minimum Gasteiger partial charge on any atom is -0.494 e. The molecule has 0 spiro atoms. The van der Waals surface area contributed by atoms with Gasteiger partial charge < -0.3 is 9.15 Å². The topological polar surface area (TPSA) is 77.2 Å². The van der Waals surface area contributed by atoms with Crippen LogP contribution in [0.25, 0.3) is 11.5 Å². The Morgan fingerprint density at radius 3 is 2.78 bits per heavy atom. The third kappa shape index (κ3) is 5.17. The molecule has 0 radical (unpaired) electrons. The van der Waals surface area contributed by atoms with Gasteiger partial charge in [-0.25, -0.2) is 0 Å². The van der Waals surface area contributed by atoms with E-state index in [9.17, 15) is 4.79 Å². The number of aryl methyl sites for hydroxylation is 1. The van der Waals surface area contributed by atoms with Crippen LogP contribution in [0.3, 0.4) is 0 Å². The summed E-state index contributed by atoms with van der Waals surface area (Å²) in [7, 11) is 0. The second-order valence-electron chi connectivity index (χ2n) is 6.32. The second-order valence-corrected chi connectivity index (χ2v) is 6.32. The van der Waals surface area contributed by atoms with Crippen LogP contribution < -0.4 is 10.1 Å². The van der Waals surface area contributed by atoms with Gasteiger partial charge in [0.2, 0.25) is 5.89 Å². The van der Waals surface area contributed by atoms with E-state index in [4.69, 9.17) is 9.15 Å². The lowest BCUT2D eigenvalue weighted by atomic mass is 10.1. The number of benzene rings is 2. The van der Waals surface area contributed by atoms with Crippen LogP contribution in [-0.2, 0) is 0 Å². The van der Waals surface area contributed by atoms with Crippen molar-refractivity contribution in [3.8, 4) is 17.2 Å². The number of aromatic nitrogens is 2. The molecule has 0 unspecified atom stereocenters. The Hall–Kier alpha value is -3.15. The number of ether oxygens (including phenoxy) is 1. The van der Waals surface area contributed by atoms with E-state index >= 15 is 0 Å². The van der Waals surface area contributed by atoms with Gasteiger partial charge in [0.1, 0.15) is 5.75 Å². The summed E-state index contributed by atoms with van der Waals surface area (Å²) in [5, 5.41) is 10.5. The van der Waals surface area contributed by atoms with Crippen molar-refractivity contribution >= 4 is 11.9 Å². The Bertz CT molecular complexity index is 905. The predicted molar refractivity (Wildman–Crippen MR) is 104 cm³/mol. The minimum atomic E-state index is -0.326. The van der Waals surface area contributed by atoms with E-state index < -0.39 is 0 Å². The van der Waals surface area contributed by atoms with Crippen LogP contribution in [0, 0.1) is 6.92 Å². The lowest BCUT2D eigenvalue weighted by Gasteiger charge is -2.07. The zero-order valence-electron chi connectivity index (χ0n) is 15.6. The van der Waals surface area contributed by atoms with E-state index in [0.29, 0.717) is 23.8 Å². The quantitative estimate of drug-likeness (QED) is 0.577. The Kier molecular flexibility index (Phi) is 6.20. The first-order valence-electron chi connectivity index (χ1n) is 9.10. The maximum atomic E-state index is 12.4. The van der Waals surface area contributed by atoms with Gasteiger partial charge in [0, 0.05) is 11.1 Å². The maximum absolute atomic E-state index is 12.4. The Morgan fingerprint density at radius 1 is 1.11 bits per heavy atom. The largest absolute Gasteiger partial charge is 0.494 e. The molecule has 0 saturated carbocycles. The molecular weight excluding hydrogens is 342 g/mol. The Morgan fingerprint density at radius 2 is 1.96 bits per heavy atom. The molecule has 3 rings (SSSR count). The molecule has 0 saturated heterocycles. The van der Waals surface area contributed by atoms with Gasteiger partial charge in [0.25, 0.3) is 5.91 Å². The monoisotopic (exact) mass is 365 g/mol. The molecule has 1 aromatic heterocycles. The van der Waals surface area contributed by atoms with Crippen LogP contribution in [0.1, 0.15) is 42.1 Å². The van der Waals surface area contributed by atoms with Crippen LogP contribution in [0.4, 0.5) is 6.01 Å². The van der Waals surface area contributed by atoms with Gasteiger partial charge in [0.05, 0.1) is 6.61 Å². The summed E-state index contributed by atoms with van der Waals surface area (Å²) in [6.45, 7) is 4.77. The summed E-state index contributed by atoms with van der Waals surface area (Å²) in [5.41, 5.74) is 2.37. The number of anilines is 1. The van der Waals surface area contributed by atoms with E-state index in [2.05, 4.69) is 22.4 Å². The van der Waals surface area contributed by atoms with Crippen molar-refractivity contribution in [2.75, 3.05) is 11.9 Å². The van der Waals surface area contributed by atoms with E-state index in [1.165, 1.54) is 0 Å². The lowest BCUT2D eigenvalue weighted by Crippen LogP contribution is -2.12. The molecule has 0 atom stereocenters. The predicted octanol–water partition coefficient (Wildman–Crippen LogP) is 4.87. The summed E-state index contributed by atoms with van der Waals surface area (Å²) in [6.07, 6.45) is 3.26. The van der Waals surface area contributed by atoms with Gasteiger partial charge in [0.15, 0.2) is 0 Å². The Labute approximate surface area is 158 Å². The first kappa shape index (κ1) is 18.6. The smallest absolute Gasteiger partial charge is 0.322 e. The number of rotatable bonds is 8. The first-order valence-corrected chi connectivity index (χ1v) is 9.10. The average Bonchev–Trinajstić information content (AvgIpc) is 3.14. The highest BCUT2D eigenvalue weighted by Gasteiger charge is 2.13. The number of nitrogens with zero attached hydrogens (tertiary/aromatic N) is 2. The van der Waals surface area contributed by atoms with Crippen LogP contribution in [0.2, 0.25) is 0 Å². The van der Waals surface area contributed by atoms with Gasteiger partial charge in [-0.15, -0.1) is 5.10 Å². The fourth-order valence-electron chi connectivity index (χ4n) is 2.61. The highest BCUT2D eigenvalue weighted by Crippen LogP contribution is 2.21. The molecule has 0 aliphatic heterocycles. The van der Waals surface area contributed by atoms with E-state index in [0.717, 1.165) is 30.4 Å². The second kappa shape index (κ2) is 8.98. The number of hydrogen-bond acceptors (Lipinski definition) is 5. The maximum Gasteiger partial charge on any atom is 0.322 e. The molecule has 0 fully saturated rings. The SMILES string of the molecule is CCCCCOc1cccc(C(=O)Nc2nnc(-c3cccc(C)c3)o2)c1. The molecule has 2 aromatic carbocycles. The van der Waals surface area contributed by atoms with E-state index in [-0.39, 0.29) is 11.9 Å². The third-order valence-corrected chi connectivity index (χ3v) is 4.02. The number of unbranched alkanes of at least 4 members (excludes halogenated alkanes) is 2. The molecular formula is C21H23N3O3. The number of amides is 1. The molecule has 1 heterocycles. The molecule has 0 aliphatic carbocycles. The normalized spacial score (nSPS) is 10.6. The third-order valence-electron chi connectivity index (χ3n) is 4.02. The molecule has 1 amide bonds. The minimum absolute atomic E-state index is 0.0609. The van der Waals surface area contributed by atoms with Crippen molar-refractivity contribution < 1.29 is 13.9 Å². The fraction of sp³-hybridized carbons (Fsp3) is 0.286. The number of hydrogen-bond donors (Lipinski definition) is 1. The van der Waals surface area contributed by atoms with Gasteiger partial charge in [-0.3, -0.25) is 10.1 Å². The summed E-state index contributed by atoms with van der Waals surface area (Å²) in [6, 6.07) is 14.8. The molecule has 0 aliphatic rings.